The summed E-state index contributed by atoms with van der Waals surface area (Å²) in [6.07, 6.45) is 7.57. The summed E-state index contributed by atoms with van der Waals surface area (Å²) in [6, 6.07) is 0.659. The highest BCUT2D eigenvalue weighted by atomic mass is 16.4. The third-order valence-corrected chi connectivity index (χ3v) is 4.53. The Morgan fingerprint density at radius 1 is 1.29 bits per heavy atom. The summed E-state index contributed by atoms with van der Waals surface area (Å²) >= 11 is 0. The second-order valence-electron chi connectivity index (χ2n) is 6.43. The monoisotopic (exact) mass is 239 g/mol. The van der Waals surface area contributed by atoms with Crippen LogP contribution in [0.5, 0.6) is 0 Å². The molecule has 2 fully saturated rings. The predicted molar refractivity (Wildman–Crippen MR) is 67.9 cm³/mol. The largest absolute Gasteiger partial charge is 0.481 e. The number of carboxylic acid groups (broad SMARTS) is 1. The van der Waals surface area contributed by atoms with E-state index in [4.69, 9.17) is 5.11 Å². The highest BCUT2D eigenvalue weighted by Gasteiger charge is 2.39. The molecular formula is C14H25NO2. The van der Waals surface area contributed by atoms with E-state index in [2.05, 4.69) is 5.32 Å². The fourth-order valence-electron chi connectivity index (χ4n) is 3.01. The fourth-order valence-corrected chi connectivity index (χ4v) is 3.01. The molecule has 0 heterocycles. The molecule has 2 aliphatic rings. The summed E-state index contributed by atoms with van der Waals surface area (Å²) in [5.74, 6) is 1.16. The van der Waals surface area contributed by atoms with Crippen LogP contribution in [0.3, 0.4) is 0 Å². The smallest absolute Gasteiger partial charge is 0.309 e. The van der Waals surface area contributed by atoms with E-state index in [1.54, 1.807) is 0 Å². The van der Waals surface area contributed by atoms with Crippen LogP contribution in [0, 0.1) is 17.3 Å². The van der Waals surface area contributed by atoms with Gasteiger partial charge in [0.2, 0.25) is 0 Å². The maximum absolute atomic E-state index is 11.0. The van der Waals surface area contributed by atoms with Crippen molar-refractivity contribution in [2.75, 3.05) is 6.54 Å². The first-order valence-electron chi connectivity index (χ1n) is 6.97. The molecule has 0 radical (unpaired) electrons. The maximum Gasteiger partial charge on any atom is 0.309 e. The van der Waals surface area contributed by atoms with Gasteiger partial charge in [0.05, 0.1) is 5.41 Å². The SMILES string of the molecule is CC(C)(CCNC1CCCC1C1CC1)C(=O)O. The lowest BCUT2D eigenvalue weighted by Gasteiger charge is -2.24. The lowest BCUT2D eigenvalue weighted by Crippen LogP contribution is -2.37. The van der Waals surface area contributed by atoms with Gasteiger partial charge in [-0.25, -0.2) is 0 Å². The van der Waals surface area contributed by atoms with Crippen LogP contribution < -0.4 is 5.32 Å². The molecule has 0 aromatic heterocycles. The molecule has 0 bridgehead atoms. The molecule has 3 heteroatoms. The zero-order chi connectivity index (χ0) is 12.5. The Balaban J connectivity index is 1.72. The van der Waals surface area contributed by atoms with Crippen LogP contribution >= 0.6 is 0 Å². The van der Waals surface area contributed by atoms with E-state index in [1.807, 2.05) is 13.8 Å². The number of aliphatic carboxylic acids is 1. The summed E-state index contributed by atoms with van der Waals surface area (Å²) in [5.41, 5.74) is -0.597. The van der Waals surface area contributed by atoms with Crippen molar-refractivity contribution in [1.82, 2.24) is 5.32 Å². The van der Waals surface area contributed by atoms with Crippen LogP contribution in [-0.2, 0) is 4.79 Å². The van der Waals surface area contributed by atoms with Gasteiger partial charge >= 0.3 is 5.97 Å². The zero-order valence-corrected chi connectivity index (χ0v) is 11.0. The van der Waals surface area contributed by atoms with Gasteiger partial charge in [-0.15, -0.1) is 0 Å². The third-order valence-electron chi connectivity index (χ3n) is 4.53. The average Bonchev–Trinajstić information content (AvgIpc) is 2.99. The molecular weight excluding hydrogens is 214 g/mol. The first kappa shape index (κ1) is 12.9. The Bertz CT molecular complexity index is 284. The molecule has 17 heavy (non-hydrogen) atoms. The van der Waals surface area contributed by atoms with Crippen molar-refractivity contribution in [2.24, 2.45) is 17.3 Å². The number of hydrogen-bond donors (Lipinski definition) is 2. The van der Waals surface area contributed by atoms with E-state index >= 15 is 0 Å². The van der Waals surface area contributed by atoms with Crippen molar-refractivity contribution in [2.45, 2.75) is 58.4 Å². The standard InChI is InChI=1S/C14H25NO2/c1-14(2,13(16)17)8-9-15-12-5-3-4-11(12)10-6-7-10/h10-12,15H,3-9H2,1-2H3,(H,16,17). The molecule has 2 atom stereocenters. The van der Waals surface area contributed by atoms with Crippen molar-refractivity contribution in [3.8, 4) is 0 Å². The highest BCUT2D eigenvalue weighted by Crippen LogP contribution is 2.45. The zero-order valence-electron chi connectivity index (χ0n) is 11.0. The number of carboxylic acids is 1. The lowest BCUT2D eigenvalue weighted by molar-refractivity contribution is -0.147. The minimum atomic E-state index is -0.690. The van der Waals surface area contributed by atoms with Crippen LogP contribution in [0.4, 0.5) is 0 Å². The van der Waals surface area contributed by atoms with Gasteiger partial charge in [0, 0.05) is 6.04 Å². The first-order chi connectivity index (χ1) is 8.00. The van der Waals surface area contributed by atoms with Gasteiger partial charge in [-0.05, 0) is 64.3 Å². The van der Waals surface area contributed by atoms with Crippen molar-refractivity contribution in [1.29, 1.82) is 0 Å². The van der Waals surface area contributed by atoms with E-state index in [9.17, 15) is 4.79 Å². The molecule has 0 saturated heterocycles. The van der Waals surface area contributed by atoms with E-state index < -0.39 is 11.4 Å². The molecule has 0 aliphatic heterocycles. The fraction of sp³-hybridized carbons (Fsp3) is 0.929. The Hall–Kier alpha value is -0.570. The first-order valence-corrected chi connectivity index (χ1v) is 6.97. The van der Waals surface area contributed by atoms with Gasteiger partial charge in [0.1, 0.15) is 0 Å². The molecule has 2 rings (SSSR count). The molecule has 0 aromatic rings. The van der Waals surface area contributed by atoms with Crippen LogP contribution in [0.2, 0.25) is 0 Å². The molecule has 0 spiro atoms. The Morgan fingerprint density at radius 3 is 2.59 bits per heavy atom. The quantitative estimate of drug-likeness (QED) is 0.749. The van der Waals surface area contributed by atoms with E-state index in [1.165, 1.54) is 32.1 Å². The molecule has 0 aromatic carbocycles. The summed E-state index contributed by atoms with van der Waals surface area (Å²) in [4.78, 5) is 11.0. The number of rotatable bonds is 6. The second-order valence-corrected chi connectivity index (χ2v) is 6.43. The van der Waals surface area contributed by atoms with Gasteiger partial charge in [0.15, 0.2) is 0 Å². The Morgan fingerprint density at radius 2 is 2.00 bits per heavy atom. The topological polar surface area (TPSA) is 49.3 Å². The van der Waals surface area contributed by atoms with Gasteiger partial charge in [-0.2, -0.15) is 0 Å². The summed E-state index contributed by atoms with van der Waals surface area (Å²) in [7, 11) is 0. The van der Waals surface area contributed by atoms with Gasteiger partial charge in [-0.1, -0.05) is 6.42 Å². The lowest BCUT2D eigenvalue weighted by atomic mass is 9.89. The van der Waals surface area contributed by atoms with Crippen molar-refractivity contribution in [3.63, 3.8) is 0 Å². The normalized spacial score (nSPS) is 29.5. The average molecular weight is 239 g/mol. The van der Waals surface area contributed by atoms with Crippen LogP contribution in [0.1, 0.15) is 52.4 Å². The minimum absolute atomic E-state index is 0.597. The summed E-state index contributed by atoms with van der Waals surface area (Å²) < 4.78 is 0. The van der Waals surface area contributed by atoms with Gasteiger partial charge in [-0.3, -0.25) is 4.79 Å². The van der Waals surface area contributed by atoms with Gasteiger partial charge in [0.25, 0.3) is 0 Å². The number of carbonyl (C=O) groups is 1. The molecule has 2 saturated carbocycles. The van der Waals surface area contributed by atoms with Crippen LogP contribution in [0.15, 0.2) is 0 Å². The molecule has 2 N–H and O–H groups in total. The predicted octanol–water partition coefficient (Wildman–Crippen LogP) is 2.66. The van der Waals surface area contributed by atoms with Gasteiger partial charge < -0.3 is 10.4 Å². The highest BCUT2D eigenvalue weighted by molar-refractivity contribution is 5.73. The number of hydrogen-bond acceptors (Lipinski definition) is 2. The maximum atomic E-state index is 11.0. The molecule has 2 aliphatic carbocycles. The van der Waals surface area contributed by atoms with Crippen LogP contribution in [0.25, 0.3) is 0 Å². The summed E-state index contributed by atoms with van der Waals surface area (Å²) in [6.45, 7) is 4.46. The van der Waals surface area contributed by atoms with Crippen molar-refractivity contribution >= 4 is 5.97 Å². The number of nitrogens with one attached hydrogen (secondary N) is 1. The van der Waals surface area contributed by atoms with E-state index in [-0.39, 0.29) is 0 Å². The van der Waals surface area contributed by atoms with E-state index in [0.29, 0.717) is 6.04 Å². The summed E-state index contributed by atoms with van der Waals surface area (Å²) in [5, 5.41) is 12.7. The molecule has 0 amide bonds. The molecule has 3 nitrogen and oxygen atoms in total. The third kappa shape index (κ3) is 3.21. The van der Waals surface area contributed by atoms with Crippen molar-refractivity contribution in [3.05, 3.63) is 0 Å². The van der Waals surface area contributed by atoms with E-state index in [0.717, 1.165) is 24.8 Å². The Labute approximate surface area is 104 Å². The van der Waals surface area contributed by atoms with Crippen LogP contribution in [-0.4, -0.2) is 23.7 Å². The Kier molecular flexibility index (Phi) is 3.76. The van der Waals surface area contributed by atoms with Crippen molar-refractivity contribution < 1.29 is 9.90 Å². The minimum Gasteiger partial charge on any atom is -0.481 e. The molecule has 2 unspecified atom stereocenters. The molecule has 98 valence electrons. The second kappa shape index (κ2) is 4.97.